The number of amides is 3. The summed E-state index contributed by atoms with van der Waals surface area (Å²) in [6.07, 6.45) is -0.136. The minimum atomic E-state index is -2.12. The Morgan fingerprint density at radius 2 is 1.50 bits per heavy atom. The van der Waals surface area contributed by atoms with Crippen molar-refractivity contribution in [1.82, 2.24) is 10.6 Å². The van der Waals surface area contributed by atoms with E-state index in [2.05, 4.69) is 52.2 Å². The molecule has 0 radical (unpaired) electrons. The molecule has 12 heteroatoms. The van der Waals surface area contributed by atoms with Crippen molar-refractivity contribution in [2.45, 2.75) is 77.0 Å². The SMILES string of the molecule is CC(C)[Si](Oc1ccc(C[C@H](NC(=O)CNC(=O)Cc2ccc([N+](=O)[O-])c(F)c2)C(N)=O)cc1)(C(C)C)C(C)C. The van der Waals surface area contributed by atoms with Gasteiger partial charge in [-0.2, -0.15) is 4.39 Å². The van der Waals surface area contributed by atoms with Crippen molar-refractivity contribution in [3.05, 3.63) is 69.5 Å². The Bertz CT molecular complexity index is 1200. The number of primary amides is 1. The maximum atomic E-state index is 13.8. The monoisotopic (exact) mass is 574 g/mol. The second-order valence-corrected chi connectivity index (χ2v) is 16.2. The maximum absolute atomic E-state index is 13.8. The molecule has 0 unspecified atom stereocenters. The molecule has 0 aliphatic rings. The topological polar surface area (TPSA) is 154 Å². The predicted molar refractivity (Wildman–Crippen MR) is 153 cm³/mol. The Kier molecular flexibility index (Phi) is 11.4. The van der Waals surface area contributed by atoms with E-state index in [4.69, 9.17) is 10.2 Å². The molecule has 0 aromatic heterocycles. The summed E-state index contributed by atoms with van der Waals surface area (Å²) in [5.41, 5.74) is 7.03. The highest BCUT2D eigenvalue weighted by atomic mass is 28.4. The summed E-state index contributed by atoms with van der Waals surface area (Å²) in [7, 11) is -2.12. The third kappa shape index (κ3) is 8.35. The third-order valence-electron chi connectivity index (χ3n) is 7.06. The summed E-state index contributed by atoms with van der Waals surface area (Å²) < 4.78 is 20.4. The maximum Gasteiger partial charge on any atom is 0.304 e. The number of nitro benzene ring substituents is 1. The number of nitrogens with two attached hydrogens (primary N) is 1. The van der Waals surface area contributed by atoms with Gasteiger partial charge in [-0.05, 0) is 45.9 Å². The van der Waals surface area contributed by atoms with Crippen LogP contribution in [-0.2, 0) is 27.2 Å². The van der Waals surface area contributed by atoms with Crippen molar-refractivity contribution >= 4 is 31.7 Å². The number of nitrogens with zero attached hydrogens (tertiary/aromatic N) is 1. The molecule has 0 aliphatic carbocycles. The lowest BCUT2D eigenvalue weighted by Crippen LogP contribution is -2.50. The van der Waals surface area contributed by atoms with Gasteiger partial charge in [0.15, 0.2) is 0 Å². The lowest BCUT2D eigenvalue weighted by atomic mass is 10.1. The lowest BCUT2D eigenvalue weighted by molar-refractivity contribution is -0.387. The van der Waals surface area contributed by atoms with Gasteiger partial charge in [0.2, 0.25) is 23.5 Å². The molecule has 0 aliphatic heterocycles. The first kappa shape index (κ1) is 32.4. The summed E-state index contributed by atoms with van der Waals surface area (Å²) in [6.45, 7) is 12.8. The number of benzene rings is 2. The molecular formula is C28H39FN4O6Si. The van der Waals surface area contributed by atoms with Gasteiger partial charge in [-0.1, -0.05) is 59.7 Å². The molecule has 0 saturated carbocycles. The molecule has 0 saturated heterocycles. The third-order valence-corrected chi connectivity index (χ3v) is 13.1. The first-order valence-corrected chi connectivity index (χ1v) is 15.4. The fourth-order valence-electron chi connectivity index (χ4n) is 5.19. The van der Waals surface area contributed by atoms with Crippen LogP contribution in [0.2, 0.25) is 16.6 Å². The standard InChI is InChI=1S/C28H39FN4O6Si/c1-17(2)40(18(3)4,19(5)6)39-22-10-7-20(8-11-22)14-24(28(30)36)32-27(35)16-31-26(34)15-21-9-12-25(33(37)38)23(29)13-21/h7-13,17-19,24H,14-16H2,1-6H3,(H2,30,36)(H,31,34)(H,32,35)/t24-/m0/s1. The van der Waals surface area contributed by atoms with E-state index in [1.807, 2.05) is 24.3 Å². The van der Waals surface area contributed by atoms with Gasteiger partial charge in [0.1, 0.15) is 11.8 Å². The number of nitrogens with one attached hydrogen (secondary N) is 2. The van der Waals surface area contributed by atoms with Crippen LogP contribution >= 0.6 is 0 Å². The molecule has 218 valence electrons. The highest BCUT2D eigenvalue weighted by molar-refractivity contribution is 6.78. The highest BCUT2D eigenvalue weighted by Gasteiger charge is 2.47. The number of carbonyl (C=O) groups excluding carboxylic acids is 3. The van der Waals surface area contributed by atoms with E-state index in [1.165, 1.54) is 6.07 Å². The molecule has 0 bridgehead atoms. The molecule has 2 aromatic rings. The minimum absolute atomic E-state index is 0.151. The highest BCUT2D eigenvalue weighted by Crippen LogP contribution is 2.42. The number of halogens is 1. The average Bonchev–Trinajstić information content (AvgIpc) is 2.85. The van der Waals surface area contributed by atoms with Crippen molar-refractivity contribution in [3.8, 4) is 5.75 Å². The summed E-state index contributed by atoms with van der Waals surface area (Å²) in [6, 6.07) is 9.53. The van der Waals surface area contributed by atoms with Crippen LogP contribution in [0.15, 0.2) is 42.5 Å². The molecule has 40 heavy (non-hydrogen) atoms. The zero-order valence-electron chi connectivity index (χ0n) is 23.8. The van der Waals surface area contributed by atoms with Crippen LogP contribution in [0.5, 0.6) is 5.75 Å². The van der Waals surface area contributed by atoms with E-state index in [1.54, 1.807) is 0 Å². The number of nitro groups is 1. The number of rotatable bonds is 14. The fourth-order valence-corrected chi connectivity index (χ4v) is 10.4. The van der Waals surface area contributed by atoms with Crippen molar-refractivity contribution < 1.29 is 28.1 Å². The summed E-state index contributed by atoms with van der Waals surface area (Å²) >= 11 is 0. The zero-order valence-corrected chi connectivity index (χ0v) is 24.8. The molecule has 0 fully saturated rings. The minimum Gasteiger partial charge on any atom is -0.543 e. The van der Waals surface area contributed by atoms with Gasteiger partial charge >= 0.3 is 5.69 Å². The Hall–Kier alpha value is -3.80. The normalized spacial score (nSPS) is 12.3. The van der Waals surface area contributed by atoms with Gasteiger partial charge < -0.3 is 20.8 Å². The van der Waals surface area contributed by atoms with Gasteiger partial charge in [0.05, 0.1) is 17.9 Å². The van der Waals surface area contributed by atoms with Gasteiger partial charge in [0, 0.05) is 12.5 Å². The number of hydrogen-bond donors (Lipinski definition) is 3. The molecule has 3 amide bonds. The second-order valence-electron chi connectivity index (χ2n) is 10.8. The van der Waals surface area contributed by atoms with Crippen LogP contribution in [0.4, 0.5) is 10.1 Å². The molecule has 1 atom stereocenters. The van der Waals surface area contributed by atoms with Gasteiger partial charge in [0.25, 0.3) is 8.32 Å². The van der Waals surface area contributed by atoms with E-state index >= 15 is 0 Å². The molecule has 2 rings (SSSR count). The van der Waals surface area contributed by atoms with Crippen LogP contribution in [0.25, 0.3) is 0 Å². The van der Waals surface area contributed by atoms with Crippen molar-refractivity contribution in [1.29, 1.82) is 0 Å². The number of hydrogen-bond acceptors (Lipinski definition) is 6. The summed E-state index contributed by atoms with van der Waals surface area (Å²) in [5.74, 6) is -2.25. The van der Waals surface area contributed by atoms with Gasteiger partial charge in [-0.3, -0.25) is 24.5 Å². The summed E-state index contributed by atoms with van der Waals surface area (Å²) in [4.78, 5) is 46.4. The van der Waals surface area contributed by atoms with Crippen LogP contribution in [-0.4, -0.2) is 43.5 Å². The van der Waals surface area contributed by atoms with E-state index < -0.39 is 55.1 Å². The van der Waals surface area contributed by atoms with E-state index in [0.717, 1.165) is 23.4 Å². The fraction of sp³-hybridized carbons (Fsp3) is 0.464. The Morgan fingerprint density at radius 1 is 0.950 bits per heavy atom. The summed E-state index contributed by atoms with van der Waals surface area (Å²) in [5, 5.41) is 15.6. The largest absolute Gasteiger partial charge is 0.543 e. The quantitative estimate of drug-likeness (QED) is 0.175. The van der Waals surface area contributed by atoms with Gasteiger partial charge in [-0.15, -0.1) is 0 Å². The molecule has 0 heterocycles. The Labute approximate surface area is 235 Å². The van der Waals surface area contributed by atoms with E-state index in [0.29, 0.717) is 16.6 Å². The van der Waals surface area contributed by atoms with Crippen molar-refractivity contribution in [2.75, 3.05) is 6.54 Å². The number of carbonyl (C=O) groups is 3. The molecular weight excluding hydrogens is 535 g/mol. The molecule has 10 nitrogen and oxygen atoms in total. The molecule has 0 spiro atoms. The van der Waals surface area contributed by atoms with Crippen molar-refractivity contribution in [2.24, 2.45) is 5.73 Å². The van der Waals surface area contributed by atoms with Gasteiger partial charge in [-0.25, -0.2) is 0 Å². The van der Waals surface area contributed by atoms with Crippen LogP contribution < -0.4 is 20.8 Å². The smallest absolute Gasteiger partial charge is 0.304 e. The zero-order chi connectivity index (χ0) is 30.2. The van der Waals surface area contributed by atoms with Crippen LogP contribution in [0.1, 0.15) is 52.7 Å². The first-order valence-electron chi connectivity index (χ1n) is 13.2. The first-order chi connectivity index (χ1) is 18.7. The van der Waals surface area contributed by atoms with Crippen LogP contribution in [0, 0.1) is 15.9 Å². The Balaban J connectivity index is 1.96. The lowest BCUT2D eigenvalue weighted by Gasteiger charge is -2.42. The molecule has 4 N–H and O–H groups in total. The van der Waals surface area contributed by atoms with E-state index in [-0.39, 0.29) is 18.4 Å². The van der Waals surface area contributed by atoms with Crippen LogP contribution in [0.3, 0.4) is 0 Å². The average molecular weight is 575 g/mol. The van der Waals surface area contributed by atoms with E-state index in [9.17, 15) is 28.9 Å². The predicted octanol–water partition coefficient (Wildman–Crippen LogP) is 4.16. The Morgan fingerprint density at radius 3 is 1.98 bits per heavy atom. The van der Waals surface area contributed by atoms with Crippen molar-refractivity contribution in [3.63, 3.8) is 0 Å². The second kappa shape index (κ2) is 14.0. The molecule has 2 aromatic carbocycles.